The van der Waals surface area contributed by atoms with Crippen LogP contribution in [0.3, 0.4) is 0 Å². The third kappa shape index (κ3) is 2.72. The molecule has 0 aromatic carbocycles. The van der Waals surface area contributed by atoms with Gasteiger partial charge in [-0.3, -0.25) is 0 Å². The Bertz CT molecular complexity index is 340. The van der Waals surface area contributed by atoms with Crippen LogP contribution in [-0.2, 0) is 0 Å². The summed E-state index contributed by atoms with van der Waals surface area (Å²) >= 11 is 8.94. The molecule has 1 aliphatic heterocycles. The highest BCUT2D eigenvalue weighted by atomic mass is 32.2. The minimum atomic E-state index is -1.50. The number of hydrogen-bond acceptors (Lipinski definition) is 4. The van der Waals surface area contributed by atoms with E-state index in [1.54, 1.807) is 0 Å². The second-order valence-electron chi connectivity index (χ2n) is 7.94. The first-order valence-corrected chi connectivity index (χ1v) is 22.0. The van der Waals surface area contributed by atoms with Gasteiger partial charge in [0.15, 0.2) is 0 Å². The summed E-state index contributed by atoms with van der Waals surface area (Å²) in [6.07, 6.45) is 9.63. The summed E-state index contributed by atoms with van der Waals surface area (Å²) in [5.41, 5.74) is 0. The SMILES string of the molecule is CSC1(SC)[Si](C)(C)CC[Si](C)(C)C(SC)(SC)[Si]1(C)C. The fraction of sp³-hybridized carbons (Fsp3) is 1.00. The smallest absolute Gasteiger partial charge is 0.100 e. The average Bonchev–Trinajstić information content (AvgIpc) is 2.42. The van der Waals surface area contributed by atoms with Crippen LogP contribution < -0.4 is 0 Å². The molecule has 0 spiro atoms. The van der Waals surface area contributed by atoms with E-state index in [9.17, 15) is 0 Å². The van der Waals surface area contributed by atoms with Gasteiger partial charge >= 0.3 is 0 Å². The second kappa shape index (κ2) is 6.75. The molecule has 1 aliphatic rings. The Morgan fingerprint density at radius 3 is 1.00 bits per heavy atom. The Kier molecular flexibility index (Phi) is 6.78. The monoisotopic (exact) mass is 414 g/mol. The lowest BCUT2D eigenvalue weighted by atomic mass is 10.9. The first-order chi connectivity index (χ1) is 9.45. The van der Waals surface area contributed by atoms with E-state index >= 15 is 0 Å². The molecule has 21 heavy (non-hydrogen) atoms. The molecule has 7 heteroatoms. The molecule has 0 saturated carbocycles. The highest BCUT2D eigenvalue weighted by molar-refractivity contribution is 8.27. The normalized spacial score (nSPS) is 28.9. The first kappa shape index (κ1) is 21.1. The van der Waals surface area contributed by atoms with Crippen molar-refractivity contribution < 1.29 is 0 Å². The van der Waals surface area contributed by atoms with Crippen LogP contribution in [-0.4, -0.2) is 55.9 Å². The molecule has 0 unspecified atom stereocenters. The predicted molar refractivity (Wildman–Crippen MR) is 122 cm³/mol. The third-order valence-corrected chi connectivity index (χ3v) is 46.1. The minimum absolute atomic E-state index is 0.535. The Balaban J connectivity index is 3.73. The van der Waals surface area contributed by atoms with E-state index in [1.807, 2.05) is 0 Å². The van der Waals surface area contributed by atoms with Crippen LogP contribution in [0.15, 0.2) is 0 Å². The summed E-state index contributed by atoms with van der Waals surface area (Å²) in [7, 11) is -4.04. The maximum atomic E-state index is 2.74. The van der Waals surface area contributed by atoms with Crippen LogP contribution in [0.4, 0.5) is 0 Å². The standard InChI is InChI=1S/C14H34S4Si3/c1-15-13(16-2)19(5,6)11-12-20(7,8)14(17-3,18-4)21(13,9)10/h11-12H2,1-10H3. The fourth-order valence-electron chi connectivity index (χ4n) is 5.16. The number of thioether (sulfide) groups is 4. The van der Waals surface area contributed by atoms with Crippen molar-refractivity contribution in [2.45, 2.75) is 58.0 Å². The Labute approximate surface area is 153 Å². The van der Waals surface area contributed by atoms with Crippen LogP contribution in [0.2, 0.25) is 51.4 Å². The summed E-state index contributed by atoms with van der Waals surface area (Å²) in [5.74, 6) is 0. The summed E-state index contributed by atoms with van der Waals surface area (Å²) in [4.78, 5) is 0. The molecule has 0 atom stereocenters. The lowest BCUT2D eigenvalue weighted by molar-refractivity contribution is 1.25. The lowest BCUT2D eigenvalue weighted by Crippen LogP contribution is -2.75. The van der Waals surface area contributed by atoms with Crippen molar-refractivity contribution in [2.24, 2.45) is 0 Å². The molecule has 0 bridgehead atoms. The van der Waals surface area contributed by atoms with Gasteiger partial charge in [0.1, 0.15) is 8.07 Å². The molecule has 0 N–H and O–H groups in total. The highest BCUT2D eigenvalue weighted by Gasteiger charge is 2.70. The fourth-order valence-corrected chi connectivity index (χ4v) is 50.3. The molecule has 0 amide bonds. The quantitative estimate of drug-likeness (QED) is 0.401. The van der Waals surface area contributed by atoms with Crippen LogP contribution in [0.1, 0.15) is 0 Å². The minimum Gasteiger partial charge on any atom is -0.154 e. The first-order valence-electron chi connectivity index (χ1n) is 7.66. The van der Waals surface area contributed by atoms with Gasteiger partial charge in [0.25, 0.3) is 0 Å². The van der Waals surface area contributed by atoms with Gasteiger partial charge < -0.3 is 0 Å². The Morgan fingerprint density at radius 2 is 0.810 bits per heavy atom. The van der Waals surface area contributed by atoms with Gasteiger partial charge in [-0.25, -0.2) is 0 Å². The van der Waals surface area contributed by atoms with Crippen LogP contribution >= 0.6 is 47.0 Å². The van der Waals surface area contributed by atoms with Gasteiger partial charge in [0, 0.05) is 6.65 Å². The largest absolute Gasteiger partial charge is 0.154 e. The highest BCUT2D eigenvalue weighted by Crippen LogP contribution is 2.64. The van der Waals surface area contributed by atoms with Crippen molar-refractivity contribution in [1.29, 1.82) is 0 Å². The molecule has 0 nitrogen and oxygen atoms in total. The van der Waals surface area contributed by atoms with Gasteiger partial charge in [0.05, 0.1) is 16.1 Å². The zero-order valence-corrected chi connectivity index (χ0v) is 21.8. The second-order valence-corrected chi connectivity index (χ2v) is 31.2. The third-order valence-electron chi connectivity index (χ3n) is 5.95. The lowest BCUT2D eigenvalue weighted by Gasteiger charge is -2.60. The summed E-state index contributed by atoms with van der Waals surface area (Å²) < 4.78 is 1.07. The molecular weight excluding hydrogens is 381 g/mol. The van der Waals surface area contributed by atoms with Gasteiger partial charge in [-0.1, -0.05) is 51.4 Å². The molecule has 0 aromatic heterocycles. The maximum absolute atomic E-state index is 2.74. The zero-order chi connectivity index (χ0) is 16.7. The summed E-state index contributed by atoms with van der Waals surface area (Å²) in [6, 6.07) is 3.07. The van der Waals surface area contributed by atoms with Gasteiger partial charge in [-0.05, 0) is 25.0 Å². The summed E-state index contributed by atoms with van der Waals surface area (Å²) in [5, 5.41) is 0. The van der Waals surface area contributed by atoms with E-state index in [4.69, 9.17) is 0 Å². The predicted octanol–water partition coefficient (Wildman–Crippen LogP) is 6.13. The molecule has 0 radical (unpaired) electrons. The van der Waals surface area contributed by atoms with Crippen molar-refractivity contribution >= 4 is 71.3 Å². The van der Waals surface area contributed by atoms with E-state index in [-0.39, 0.29) is 0 Å². The van der Waals surface area contributed by atoms with Gasteiger partial charge in [-0.2, -0.15) is 47.0 Å². The molecule has 1 saturated heterocycles. The van der Waals surface area contributed by atoms with Gasteiger partial charge in [0.2, 0.25) is 0 Å². The van der Waals surface area contributed by atoms with Gasteiger partial charge in [-0.15, -0.1) is 0 Å². The maximum Gasteiger partial charge on any atom is 0.100 e. The van der Waals surface area contributed by atoms with Crippen LogP contribution in [0, 0.1) is 0 Å². The van der Waals surface area contributed by atoms with Crippen molar-refractivity contribution in [3.63, 3.8) is 0 Å². The molecule has 1 rings (SSSR count). The zero-order valence-electron chi connectivity index (χ0n) is 15.5. The number of rotatable bonds is 4. The van der Waals surface area contributed by atoms with Crippen LogP contribution in [0.5, 0.6) is 0 Å². The van der Waals surface area contributed by atoms with Crippen molar-refractivity contribution in [2.75, 3.05) is 25.0 Å². The molecule has 0 aliphatic carbocycles. The average molecular weight is 415 g/mol. The molecule has 1 fully saturated rings. The Morgan fingerprint density at radius 1 is 0.571 bits per heavy atom. The van der Waals surface area contributed by atoms with E-state index in [0.29, 0.717) is 6.65 Å². The molecular formula is C14H34S4Si3. The molecule has 126 valence electrons. The van der Waals surface area contributed by atoms with E-state index < -0.39 is 24.2 Å². The van der Waals surface area contributed by atoms with E-state index in [2.05, 4.69) is 111 Å². The topological polar surface area (TPSA) is 0 Å². The number of hydrogen-bond donors (Lipinski definition) is 0. The molecule has 1 heterocycles. The van der Waals surface area contributed by atoms with E-state index in [1.165, 1.54) is 12.1 Å². The summed E-state index contributed by atoms with van der Waals surface area (Å²) in [6.45, 7) is 16.2. The van der Waals surface area contributed by atoms with Crippen molar-refractivity contribution in [3.05, 3.63) is 0 Å². The van der Waals surface area contributed by atoms with Crippen LogP contribution in [0.25, 0.3) is 0 Å². The van der Waals surface area contributed by atoms with Crippen molar-refractivity contribution in [3.8, 4) is 0 Å². The molecule has 0 aromatic rings. The Hall–Kier alpha value is 2.05. The van der Waals surface area contributed by atoms with E-state index in [0.717, 1.165) is 0 Å². The van der Waals surface area contributed by atoms with Crippen molar-refractivity contribution in [1.82, 2.24) is 0 Å².